The Morgan fingerprint density at radius 3 is 1.53 bits per heavy atom. The molecule has 0 bridgehead atoms. The molecule has 0 aromatic rings. The van der Waals surface area contributed by atoms with Crippen LogP contribution in [0.15, 0.2) is 0 Å². The van der Waals surface area contributed by atoms with Gasteiger partial charge in [0.15, 0.2) is 0 Å². The molecule has 7 heteroatoms. The van der Waals surface area contributed by atoms with Crippen molar-refractivity contribution < 1.29 is 17.2 Å². The third-order valence-electron chi connectivity index (χ3n) is 2.73. The first kappa shape index (κ1) is 25.8. The quantitative estimate of drug-likeness (QED) is 0.341. The van der Waals surface area contributed by atoms with Crippen LogP contribution in [0.2, 0.25) is 0 Å². The Kier molecular flexibility index (Phi) is 24.3. The minimum atomic E-state index is -4.23. The Bertz CT molecular complexity index is 258. The molecule has 19 heavy (non-hydrogen) atoms. The summed E-state index contributed by atoms with van der Waals surface area (Å²) in [7, 11) is -4.23. The van der Waals surface area contributed by atoms with E-state index >= 15 is 0 Å². The van der Waals surface area contributed by atoms with Crippen molar-refractivity contribution in [2.45, 2.75) is 71.1 Å². The second-order valence-corrected chi connectivity index (χ2v) is 5.52. The Labute approximate surface area is 163 Å². The minimum absolute atomic E-state index is 0. The summed E-state index contributed by atoms with van der Waals surface area (Å²) in [5.74, 6) is 0. The van der Waals surface area contributed by atoms with E-state index < -0.39 is 10.4 Å². The molecule has 0 aromatic heterocycles. The van der Waals surface area contributed by atoms with Crippen LogP contribution in [0.4, 0.5) is 0 Å². The summed E-state index contributed by atoms with van der Waals surface area (Å²) < 4.78 is 33.0. The zero-order valence-corrected chi connectivity index (χ0v) is 11.7. The summed E-state index contributed by atoms with van der Waals surface area (Å²) in [5.41, 5.74) is 0. The number of rotatable bonds is 12. The predicted molar refractivity (Wildman–Crippen MR) is 83.6 cm³/mol. The molecule has 4 nitrogen and oxygen atoms in total. The second kappa shape index (κ2) is 17.9. The van der Waals surface area contributed by atoms with Gasteiger partial charge in [0.25, 0.3) is 0 Å². The summed E-state index contributed by atoms with van der Waals surface area (Å²) in [6, 6.07) is 0. The van der Waals surface area contributed by atoms with Gasteiger partial charge in [-0.3, -0.25) is 4.55 Å². The van der Waals surface area contributed by atoms with Crippen molar-refractivity contribution in [1.82, 2.24) is 0 Å². The normalized spacial score (nSPS) is 10.6. The van der Waals surface area contributed by atoms with E-state index in [4.69, 9.17) is 4.55 Å². The van der Waals surface area contributed by atoms with Gasteiger partial charge in [0.1, 0.15) is 0 Å². The van der Waals surface area contributed by atoms with Gasteiger partial charge < -0.3 is 0 Å². The number of hydrogen-bond acceptors (Lipinski definition) is 3. The van der Waals surface area contributed by atoms with E-state index in [0.717, 1.165) is 12.8 Å². The van der Waals surface area contributed by atoms with Gasteiger partial charge in [-0.15, -0.1) is 0 Å². The molecule has 0 unspecified atom stereocenters. The summed E-state index contributed by atoms with van der Waals surface area (Å²) in [6.07, 6.45) is 11.9. The van der Waals surface area contributed by atoms with Gasteiger partial charge in [-0.05, 0) is 6.42 Å². The van der Waals surface area contributed by atoms with Crippen LogP contribution >= 0.6 is 0 Å². The fourth-order valence-electron chi connectivity index (χ4n) is 1.75. The van der Waals surface area contributed by atoms with E-state index in [0.29, 0.717) is 6.42 Å². The van der Waals surface area contributed by atoms with Gasteiger partial charge in [0.05, 0.1) is 6.61 Å². The predicted octanol–water partition coefficient (Wildman–Crippen LogP) is 2.43. The molecule has 0 rings (SSSR count). The summed E-state index contributed by atoms with van der Waals surface area (Å²) >= 11 is 0. The third kappa shape index (κ3) is 25.2. The molecule has 0 radical (unpaired) electrons. The van der Waals surface area contributed by atoms with Gasteiger partial charge in [0, 0.05) is 0 Å². The molecular weight excluding hydrogens is 286 g/mol. The summed E-state index contributed by atoms with van der Waals surface area (Å²) in [6.45, 7) is 2.31. The first-order valence-electron chi connectivity index (χ1n) is 6.68. The number of unbranched alkanes of at least 4 members (excludes halogenated alkanes) is 9. The van der Waals surface area contributed by atoms with E-state index in [-0.39, 0.29) is 65.7 Å². The SMILES string of the molecule is CCCCCCCCCCCCOS(=O)(=O)O.[NaH].[NaH]. The van der Waals surface area contributed by atoms with E-state index in [1.165, 1.54) is 44.9 Å². The van der Waals surface area contributed by atoms with Crippen molar-refractivity contribution in [2.24, 2.45) is 0 Å². The zero-order valence-electron chi connectivity index (χ0n) is 10.9. The van der Waals surface area contributed by atoms with Crippen LogP contribution in [0.3, 0.4) is 0 Å². The van der Waals surface area contributed by atoms with Crippen LogP contribution in [0.25, 0.3) is 0 Å². The van der Waals surface area contributed by atoms with Crippen molar-refractivity contribution in [3.8, 4) is 0 Å². The molecule has 0 aliphatic heterocycles. The van der Waals surface area contributed by atoms with Crippen molar-refractivity contribution >= 4 is 69.5 Å². The van der Waals surface area contributed by atoms with E-state index in [1.807, 2.05) is 0 Å². The van der Waals surface area contributed by atoms with Gasteiger partial charge >= 0.3 is 69.5 Å². The van der Waals surface area contributed by atoms with E-state index in [1.54, 1.807) is 0 Å². The fourth-order valence-corrected chi connectivity index (χ4v) is 2.08. The standard InChI is InChI=1S/C12H26O4S.2Na.2H/c1-2-3-4-5-6-7-8-9-10-11-12-16-17(13,14)15;;;;/h2-12H2,1H3,(H,13,14,15);;;;. The summed E-state index contributed by atoms with van der Waals surface area (Å²) in [4.78, 5) is 0. The third-order valence-corrected chi connectivity index (χ3v) is 3.19. The van der Waals surface area contributed by atoms with Crippen LogP contribution in [-0.4, -0.2) is 78.7 Å². The first-order chi connectivity index (χ1) is 8.06. The van der Waals surface area contributed by atoms with Gasteiger partial charge in [-0.1, -0.05) is 64.7 Å². The zero-order chi connectivity index (χ0) is 13.0. The molecule has 1 N–H and O–H groups in total. The molecule has 0 aliphatic carbocycles. The van der Waals surface area contributed by atoms with Crippen molar-refractivity contribution in [3.05, 3.63) is 0 Å². The van der Waals surface area contributed by atoms with Gasteiger partial charge in [-0.2, -0.15) is 8.42 Å². The van der Waals surface area contributed by atoms with Gasteiger partial charge in [0.2, 0.25) is 0 Å². The topological polar surface area (TPSA) is 63.6 Å². The second-order valence-electron chi connectivity index (χ2n) is 4.43. The molecule has 0 saturated heterocycles. The Hall–Kier alpha value is 1.87. The van der Waals surface area contributed by atoms with Crippen LogP contribution in [0.1, 0.15) is 71.1 Å². The summed E-state index contributed by atoms with van der Waals surface area (Å²) in [5, 5.41) is 0. The van der Waals surface area contributed by atoms with Crippen LogP contribution in [0, 0.1) is 0 Å². The molecule has 0 spiro atoms. The Balaban J connectivity index is -0.00000128. The number of hydrogen-bond donors (Lipinski definition) is 1. The first-order valence-corrected chi connectivity index (χ1v) is 8.04. The van der Waals surface area contributed by atoms with Crippen LogP contribution in [0.5, 0.6) is 0 Å². The molecule has 0 aliphatic rings. The maximum absolute atomic E-state index is 10.2. The molecule has 0 heterocycles. The molecule has 0 atom stereocenters. The Morgan fingerprint density at radius 2 is 1.16 bits per heavy atom. The fraction of sp³-hybridized carbons (Fsp3) is 1.00. The molecular formula is C12H28Na2O4S. The van der Waals surface area contributed by atoms with E-state index in [9.17, 15) is 8.42 Å². The molecule has 108 valence electrons. The average molecular weight is 314 g/mol. The Morgan fingerprint density at radius 1 is 0.789 bits per heavy atom. The van der Waals surface area contributed by atoms with Crippen molar-refractivity contribution in [1.29, 1.82) is 0 Å². The van der Waals surface area contributed by atoms with Crippen LogP contribution in [-0.2, 0) is 14.6 Å². The maximum atomic E-state index is 10.2. The molecule has 0 amide bonds. The van der Waals surface area contributed by atoms with Crippen LogP contribution < -0.4 is 0 Å². The van der Waals surface area contributed by atoms with E-state index in [2.05, 4.69) is 11.1 Å². The molecule has 0 aromatic carbocycles. The average Bonchev–Trinajstić information content (AvgIpc) is 2.24. The van der Waals surface area contributed by atoms with Crippen molar-refractivity contribution in [2.75, 3.05) is 6.61 Å². The molecule has 0 saturated carbocycles. The van der Waals surface area contributed by atoms with Crippen molar-refractivity contribution in [3.63, 3.8) is 0 Å². The van der Waals surface area contributed by atoms with Gasteiger partial charge in [-0.25, -0.2) is 4.18 Å². The monoisotopic (exact) mass is 314 g/mol. The molecule has 0 fully saturated rings.